The maximum atomic E-state index is 13.0. The Balaban J connectivity index is 2.22. The molecule has 3 aromatic rings. The van der Waals surface area contributed by atoms with Gasteiger partial charge in [-0.15, -0.1) is 0 Å². The van der Waals surface area contributed by atoms with Gasteiger partial charge >= 0.3 is 6.18 Å². The summed E-state index contributed by atoms with van der Waals surface area (Å²) in [6.07, 6.45) is -4.60. The molecule has 0 saturated carbocycles. The average molecular weight is 385 g/mol. The summed E-state index contributed by atoms with van der Waals surface area (Å²) in [5.74, 6) is -0.849. The lowest BCUT2D eigenvalue weighted by Crippen LogP contribution is -2.06. The van der Waals surface area contributed by atoms with Crippen molar-refractivity contribution in [2.24, 2.45) is 0 Å². The Morgan fingerprint density at radius 3 is 2.36 bits per heavy atom. The number of aromatic nitrogens is 2. The van der Waals surface area contributed by atoms with Crippen LogP contribution in [0.1, 0.15) is 11.1 Å². The van der Waals surface area contributed by atoms with Crippen LogP contribution in [0.15, 0.2) is 42.5 Å². The Labute approximate surface area is 158 Å². The first-order valence-electron chi connectivity index (χ1n) is 8.01. The number of hydrogen-bond donors (Lipinski definition) is 3. The highest BCUT2D eigenvalue weighted by atomic mass is 19.4. The zero-order chi connectivity index (χ0) is 20.5. The highest BCUT2D eigenvalue weighted by Gasteiger charge is 2.31. The molecule has 6 nitrogen and oxygen atoms in total. The fourth-order valence-electron chi connectivity index (χ4n) is 2.60. The normalized spacial score (nSPS) is 11.1. The van der Waals surface area contributed by atoms with Gasteiger partial charge in [0.25, 0.3) is 0 Å². The number of hydrogen-bond acceptors (Lipinski definition) is 6. The zero-order valence-electron chi connectivity index (χ0n) is 14.5. The minimum Gasteiger partial charge on any atom is -0.507 e. The molecule has 9 heteroatoms. The fourth-order valence-corrected chi connectivity index (χ4v) is 2.60. The maximum Gasteiger partial charge on any atom is 0.416 e. The van der Waals surface area contributed by atoms with Gasteiger partial charge in [-0.2, -0.15) is 18.4 Å². The minimum absolute atomic E-state index is 0.00702. The second-order valence-electron chi connectivity index (χ2n) is 5.82. The van der Waals surface area contributed by atoms with Crippen LogP contribution >= 0.6 is 0 Å². The number of anilines is 2. The number of nitrogens with one attached hydrogen (secondary N) is 1. The number of nitriles is 1. The SMILES string of the molecule is CNc1ccc(-c2nc(-c3cc(C(F)(F)F)ccc3O)nc(N)c2C#N)cc1. The molecule has 0 aliphatic rings. The van der Waals surface area contributed by atoms with Crippen LogP contribution in [-0.2, 0) is 6.18 Å². The second kappa shape index (κ2) is 7.08. The van der Waals surface area contributed by atoms with Crippen molar-refractivity contribution in [1.82, 2.24) is 9.97 Å². The number of halogens is 3. The van der Waals surface area contributed by atoms with Gasteiger partial charge < -0.3 is 16.2 Å². The molecule has 142 valence electrons. The number of nitrogens with zero attached hydrogens (tertiary/aromatic N) is 3. The van der Waals surface area contributed by atoms with Crippen molar-refractivity contribution in [2.75, 3.05) is 18.1 Å². The van der Waals surface area contributed by atoms with Crippen molar-refractivity contribution < 1.29 is 18.3 Å². The van der Waals surface area contributed by atoms with Gasteiger partial charge in [0.2, 0.25) is 0 Å². The third-order valence-corrected chi connectivity index (χ3v) is 4.06. The molecule has 0 atom stereocenters. The van der Waals surface area contributed by atoms with Crippen LogP contribution < -0.4 is 11.1 Å². The predicted molar refractivity (Wildman–Crippen MR) is 98.2 cm³/mol. The van der Waals surface area contributed by atoms with E-state index in [2.05, 4.69) is 15.3 Å². The van der Waals surface area contributed by atoms with Crippen LogP contribution in [0.5, 0.6) is 5.75 Å². The predicted octanol–water partition coefficient (Wildman–Crippen LogP) is 4.03. The van der Waals surface area contributed by atoms with E-state index in [9.17, 15) is 23.5 Å². The van der Waals surface area contributed by atoms with Crippen molar-refractivity contribution in [2.45, 2.75) is 6.18 Å². The van der Waals surface area contributed by atoms with Crippen LogP contribution in [-0.4, -0.2) is 22.1 Å². The molecule has 0 aliphatic carbocycles. The largest absolute Gasteiger partial charge is 0.507 e. The molecule has 0 spiro atoms. The van der Waals surface area contributed by atoms with Crippen molar-refractivity contribution in [3.8, 4) is 34.5 Å². The number of nitrogens with two attached hydrogens (primary N) is 1. The van der Waals surface area contributed by atoms with Gasteiger partial charge in [-0.3, -0.25) is 0 Å². The summed E-state index contributed by atoms with van der Waals surface area (Å²) >= 11 is 0. The van der Waals surface area contributed by atoms with E-state index in [4.69, 9.17) is 5.73 Å². The first-order chi connectivity index (χ1) is 13.2. The summed E-state index contributed by atoms with van der Waals surface area (Å²) in [4.78, 5) is 8.15. The van der Waals surface area contributed by atoms with Gasteiger partial charge in [-0.1, -0.05) is 12.1 Å². The molecule has 0 saturated heterocycles. The number of alkyl halides is 3. The molecule has 3 rings (SSSR count). The smallest absolute Gasteiger partial charge is 0.416 e. The van der Waals surface area contributed by atoms with E-state index in [1.807, 2.05) is 6.07 Å². The van der Waals surface area contributed by atoms with Gasteiger partial charge in [0.15, 0.2) is 5.82 Å². The highest BCUT2D eigenvalue weighted by Crippen LogP contribution is 2.37. The van der Waals surface area contributed by atoms with Gasteiger partial charge in [0.1, 0.15) is 23.2 Å². The summed E-state index contributed by atoms with van der Waals surface area (Å²) < 4.78 is 39.1. The number of benzene rings is 2. The molecule has 0 unspecified atom stereocenters. The topological polar surface area (TPSA) is 108 Å². The first kappa shape index (κ1) is 19.0. The molecule has 1 aromatic heterocycles. The van der Waals surface area contributed by atoms with Crippen LogP contribution in [0.4, 0.5) is 24.7 Å². The van der Waals surface area contributed by atoms with Gasteiger partial charge in [0, 0.05) is 18.3 Å². The lowest BCUT2D eigenvalue weighted by Gasteiger charge is -2.12. The van der Waals surface area contributed by atoms with E-state index in [-0.39, 0.29) is 28.5 Å². The van der Waals surface area contributed by atoms with E-state index in [1.165, 1.54) is 0 Å². The summed E-state index contributed by atoms with van der Waals surface area (Å²) in [5, 5.41) is 22.4. The summed E-state index contributed by atoms with van der Waals surface area (Å²) in [6, 6.07) is 11.2. The summed E-state index contributed by atoms with van der Waals surface area (Å²) in [7, 11) is 1.74. The van der Waals surface area contributed by atoms with Gasteiger partial charge in [-0.25, -0.2) is 9.97 Å². The number of aromatic hydroxyl groups is 1. The molecule has 28 heavy (non-hydrogen) atoms. The maximum absolute atomic E-state index is 13.0. The lowest BCUT2D eigenvalue weighted by atomic mass is 10.0. The molecule has 1 heterocycles. The van der Waals surface area contributed by atoms with E-state index < -0.39 is 17.5 Å². The summed E-state index contributed by atoms with van der Waals surface area (Å²) in [6.45, 7) is 0. The van der Waals surface area contributed by atoms with Crippen molar-refractivity contribution in [1.29, 1.82) is 5.26 Å². The van der Waals surface area contributed by atoms with Gasteiger partial charge in [0.05, 0.1) is 16.8 Å². The standard InChI is InChI=1S/C19H14F3N5O/c1-25-12-5-2-10(3-6-12)16-14(9-23)17(24)27-18(26-16)13-8-11(19(20,21)22)4-7-15(13)28/h2-8,25,28H,1H3,(H2,24,26,27). The fraction of sp³-hybridized carbons (Fsp3) is 0.105. The monoisotopic (exact) mass is 385 g/mol. The Kier molecular flexibility index (Phi) is 4.79. The third-order valence-electron chi connectivity index (χ3n) is 4.06. The lowest BCUT2D eigenvalue weighted by molar-refractivity contribution is -0.137. The Bertz CT molecular complexity index is 1070. The third kappa shape index (κ3) is 3.53. The minimum atomic E-state index is -4.60. The van der Waals surface area contributed by atoms with Crippen LogP contribution in [0.2, 0.25) is 0 Å². The van der Waals surface area contributed by atoms with E-state index >= 15 is 0 Å². The Morgan fingerprint density at radius 1 is 1.11 bits per heavy atom. The number of rotatable bonds is 3. The average Bonchev–Trinajstić information content (AvgIpc) is 2.67. The summed E-state index contributed by atoms with van der Waals surface area (Å²) in [5.41, 5.74) is 6.14. The molecule has 0 fully saturated rings. The Hall–Kier alpha value is -3.80. The number of phenols is 1. The number of phenolic OH excluding ortho intramolecular Hbond substituents is 1. The van der Waals surface area contributed by atoms with Crippen LogP contribution in [0.3, 0.4) is 0 Å². The van der Waals surface area contributed by atoms with E-state index in [0.29, 0.717) is 5.56 Å². The second-order valence-corrected chi connectivity index (χ2v) is 5.82. The van der Waals surface area contributed by atoms with Crippen LogP contribution in [0.25, 0.3) is 22.6 Å². The molecule has 0 radical (unpaired) electrons. The van der Waals surface area contributed by atoms with Crippen LogP contribution in [0, 0.1) is 11.3 Å². The quantitative estimate of drug-likeness (QED) is 0.628. The van der Waals surface area contributed by atoms with E-state index in [1.54, 1.807) is 31.3 Å². The van der Waals surface area contributed by atoms with E-state index in [0.717, 1.165) is 23.9 Å². The van der Waals surface area contributed by atoms with Crippen molar-refractivity contribution >= 4 is 11.5 Å². The zero-order valence-corrected chi connectivity index (χ0v) is 14.5. The molecule has 0 bridgehead atoms. The highest BCUT2D eigenvalue weighted by molar-refractivity contribution is 5.77. The Morgan fingerprint density at radius 2 is 1.79 bits per heavy atom. The first-order valence-corrected chi connectivity index (χ1v) is 8.01. The molecular formula is C19H14F3N5O. The molecular weight excluding hydrogens is 371 g/mol. The molecule has 2 aromatic carbocycles. The number of nitrogen functional groups attached to an aromatic ring is 1. The molecule has 0 aliphatic heterocycles. The van der Waals surface area contributed by atoms with Gasteiger partial charge in [-0.05, 0) is 30.3 Å². The van der Waals surface area contributed by atoms with Crippen molar-refractivity contribution in [3.05, 3.63) is 53.6 Å². The molecule has 0 amide bonds. The molecule has 4 N–H and O–H groups in total. The van der Waals surface area contributed by atoms with Crippen molar-refractivity contribution in [3.63, 3.8) is 0 Å².